The van der Waals surface area contributed by atoms with E-state index in [1.54, 1.807) is 19.1 Å². The van der Waals surface area contributed by atoms with Crippen LogP contribution in [0.4, 0.5) is 0 Å². The molecule has 1 unspecified atom stereocenters. The van der Waals surface area contributed by atoms with Gasteiger partial charge in [0, 0.05) is 12.0 Å². The maximum Gasteiger partial charge on any atom is 0.159 e. The average Bonchev–Trinajstić information content (AvgIpc) is 2.71. The Morgan fingerprint density at radius 1 is 1.40 bits per heavy atom. The van der Waals surface area contributed by atoms with Crippen molar-refractivity contribution < 1.29 is 14.3 Å². The summed E-state index contributed by atoms with van der Waals surface area (Å²) in [7, 11) is 0. The minimum atomic E-state index is 0.0748. The number of hydrogen-bond donors (Lipinski definition) is 0. The Bertz CT molecular complexity index is 336. The molecule has 0 aliphatic carbocycles. The fourth-order valence-electron chi connectivity index (χ4n) is 1.57. The van der Waals surface area contributed by atoms with Gasteiger partial charge in [0.25, 0.3) is 0 Å². The Hall–Kier alpha value is -1.35. The molecule has 1 saturated heterocycles. The summed E-state index contributed by atoms with van der Waals surface area (Å²) in [6.45, 7) is 2.99. The molecule has 0 amide bonds. The minimum Gasteiger partial charge on any atom is -0.488 e. The van der Waals surface area contributed by atoms with Gasteiger partial charge in [-0.25, -0.2) is 0 Å². The lowest BCUT2D eigenvalue weighted by Gasteiger charge is -2.11. The topological polar surface area (TPSA) is 35.5 Å². The Morgan fingerprint density at radius 2 is 2.13 bits per heavy atom. The van der Waals surface area contributed by atoms with E-state index in [2.05, 4.69) is 0 Å². The summed E-state index contributed by atoms with van der Waals surface area (Å²) in [5.41, 5.74) is 0.713. The molecule has 0 spiro atoms. The third kappa shape index (κ3) is 2.57. The maximum atomic E-state index is 11.0. The van der Waals surface area contributed by atoms with Crippen molar-refractivity contribution in [2.45, 2.75) is 19.4 Å². The molecular formula is C12H14O3. The maximum absolute atomic E-state index is 11.0. The summed E-state index contributed by atoms with van der Waals surface area (Å²) in [5, 5.41) is 0. The van der Waals surface area contributed by atoms with Gasteiger partial charge in [0.2, 0.25) is 0 Å². The third-order valence-electron chi connectivity index (χ3n) is 2.45. The molecule has 0 saturated carbocycles. The van der Waals surface area contributed by atoms with Crippen LogP contribution in [-0.2, 0) is 4.74 Å². The predicted molar refractivity (Wildman–Crippen MR) is 56.3 cm³/mol. The summed E-state index contributed by atoms with van der Waals surface area (Å²) >= 11 is 0. The molecule has 1 aromatic carbocycles. The van der Waals surface area contributed by atoms with Crippen LogP contribution in [-0.4, -0.2) is 25.1 Å². The molecule has 3 heteroatoms. The Balaban J connectivity index is 2.00. The SMILES string of the molecule is CC(=O)c1ccc(OC2CCOC2)cc1. The highest BCUT2D eigenvalue weighted by molar-refractivity contribution is 5.94. The number of rotatable bonds is 3. The van der Waals surface area contributed by atoms with Crippen LogP contribution in [0.3, 0.4) is 0 Å². The van der Waals surface area contributed by atoms with Crippen molar-refractivity contribution in [3.63, 3.8) is 0 Å². The second-order valence-corrected chi connectivity index (χ2v) is 3.68. The molecule has 0 bridgehead atoms. The Labute approximate surface area is 89.0 Å². The molecule has 15 heavy (non-hydrogen) atoms. The monoisotopic (exact) mass is 206 g/mol. The van der Waals surface area contributed by atoms with Crippen molar-refractivity contribution in [3.8, 4) is 5.75 Å². The molecule has 1 atom stereocenters. The van der Waals surface area contributed by atoms with Crippen molar-refractivity contribution in [1.29, 1.82) is 0 Å². The van der Waals surface area contributed by atoms with Gasteiger partial charge in [-0.1, -0.05) is 0 Å². The molecule has 0 N–H and O–H groups in total. The van der Waals surface area contributed by atoms with Gasteiger partial charge in [0.15, 0.2) is 5.78 Å². The highest BCUT2D eigenvalue weighted by Crippen LogP contribution is 2.17. The molecule has 1 aromatic rings. The van der Waals surface area contributed by atoms with E-state index in [0.29, 0.717) is 12.2 Å². The lowest BCUT2D eigenvalue weighted by atomic mass is 10.1. The number of Topliss-reactive ketones (excluding diaryl/α,β-unsaturated/α-hetero) is 1. The molecule has 1 fully saturated rings. The molecule has 1 aliphatic heterocycles. The molecule has 0 radical (unpaired) electrons. The van der Waals surface area contributed by atoms with Gasteiger partial charge in [-0.3, -0.25) is 4.79 Å². The van der Waals surface area contributed by atoms with Crippen LogP contribution in [0.25, 0.3) is 0 Å². The minimum absolute atomic E-state index is 0.0748. The van der Waals surface area contributed by atoms with Gasteiger partial charge in [-0.15, -0.1) is 0 Å². The quantitative estimate of drug-likeness (QED) is 0.710. The van der Waals surface area contributed by atoms with Crippen LogP contribution < -0.4 is 4.74 Å². The number of benzene rings is 1. The molecule has 1 heterocycles. The van der Waals surface area contributed by atoms with Gasteiger partial charge in [0.1, 0.15) is 11.9 Å². The highest BCUT2D eigenvalue weighted by atomic mass is 16.5. The number of ketones is 1. The standard InChI is InChI=1S/C12H14O3/c1-9(13)10-2-4-11(5-3-10)15-12-6-7-14-8-12/h2-5,12H,6-8H2,1H3. The summed E-state index contributed by atoms with van der Waals surface area (Å²) in [4.78, 5) is 11.0. The van der Waals surface area contributed by atoms with Crippen LogP contribution >= 0.6 is 0 Å². The van der Waals surface area contributed by atoms with E-state index in [0.717, 1.165) is 18.8 Å². The van der Waals surface area contributed by atoms with Crippen LogP contribution in [0.2, 0.25) is 0 Å². The van der Waals surface area contributed by atoms with Crippen molar-refractivity contribution in [2.75, 3.05) is 13.2 Å². The first-order valence-electron chi connectivity index (χ1n) is 5.11. The second-order valence-electron chi connectivity index (χ2n) is 3.68. The molecule has 1 aliphatic rings. The van der Waals surface area contributed by atoms with Gasteiger partial charge in [-0.05, 0) is 31.2 Å². The first-order chi connectivity index (χ1) is 7.25. The van der Waals surface area contributed by atoms with E-state index in [1.807, 2.05) is 12.1 Å². The summed E-state index contributed by atoms with van der Waals surface area (Å²) in [5.74, 6) is 0.876. The van der Waals surface area contributed by atoms with E-state index in [-0.39, 0.29) is 11.9 Å². The number of ether oxygens (including phenoxy) is 2. The van der Waals surface area contributed by atoms with Crippen LogP contribution in [0, 0.1) is 0 Å². The van der Waals surface area contributed by atoms with E-state index >= 15 is 0 Å². The lowest BCUT2D eigenvalue weighted by molar-refractivity contribution is 0.101. The lowest BCUT2D eigenvalue weighted by Crippen LogP contribution is -2.15. The van der Waals surface area contributed by atoms with Crippen molar-refractivity contribution >= 4 is 5.78 Å². The normalized spacial score (nSPS) is 20.2. The first kappa shape index (κ1) is 10.2. The average molecular weight is 206 g/mol. The van der Waals surface area contributed by atoms with Gasteiger partial charge in [0.05, 0.1) is 13.2 Å². The summed E-state index contributed by atoms with van der Waals surface area (Å²) in [6.07, 6.45) is 1.10. The van der Waals surface area contributed by atoms with E-state index in [9.17, 15) is 4.79 Å². The second kappa shape index (κ2) is 4.45. The molecule has 80 valence electrons. The summed E-state index contributed by atoms with van der Waals surface area (Å²) in [6, 6.07) is 7.23. The first-order valence-corrected chi connectivity index (χ1v) is 5.11. The number of hydrogen-bond acceptors (Lipinski definition) is 3. The van der Waals surface area contributed by atoms with Gasteiger partial charge in [-0.2, -0.15) is 0 Å². The van der Waals surface area contributed by atoms with Gasteiger partial charge >= 0.3 is 0 Å². The van der Waals surface area contributed by atoms with Gasteiger partial charge < -0.3 is 9.47 Å². The van der Waals surface area contributed by atoms with E-state index in [1.165, 1.54) is 0 Å². The smallest absolute Gasteiger partial charge is 0.159 e. The fraction of sp³-hybridized carbons (Fsp3) is 0.417. The molecular weight excluding hydrogens is 192 g/mol. The van der Waals surface area contributed by atoms with E-state index < -0.39 is 0 Å². The number of carbonyl (C=O) groups is 1. The Morgan fingerprint density at radius 3 is 2.67 bits per heavy atom. The van der Waals surface area contributed by atoms with Crippen LogP contribution in [0.1, 0.15) is 23.7 Å². The largest absolute Gasteiger partial charge is 0.488 e. The highest BCUT2D eigenvalue weighted by Gasteiger charge is 2.16. The van der Waals surface area contributed by atoms with Crippen LogP contribution in [0.5, 0.6) is 5.75 Å². The third-order valence-corrected chi connectivity index (χ3v) is 2.45. The predicted octanol–water partition coefficient (Wildman–Crippen LogP) is 2.06. The zero-order chi connectivity index (χ0) is 10.7. The van der Waals surface area contributed by atoms with Crippen molar-refractivity contribution in [1.82, 2.24) is 0 Å². The summed E-state index contributed by atoms with van der Waals surface area (Å²) < 4.78 is 10.9. The van der Waals surface area contributed by atoms with Crippen molar-refractivity contribution in [3.05, 3.63) is 29.8 Å². The fourth-order valence-corrected chi connectivity index (χ4v) is 1.57. The zero-order valence-electron chi connectivity index (χ0n) is 8.73. The number of carbonyl (C=O) groups excluding carboxylic acids is 1. The molecule has 3 nitrogen and oxygen atoms in total. The van der Waals surface area contributed by atoms with Crippen molar-refractivity contribution in [2.24, 2.45) is 0 Å². The molecule has 0 aromatic heterocycles. The molecule has 2 rings (SSSR count). The van der Waals surface area contributed by atoms with Crippen LogP contribution in [0.15, 0.2) is 24.3 Å². The van der Waals surface area contributed by atoms with E-state index in [4.69, 9.17) is 9.47 Å². The zero-order valence-corrected chi connectivity index (χ0v) is 8.73. The Kier molecular flexibility index (Phi) is 3.02.